The maximum atomic E-state index is 12.0. The fraction of sp³-hybridized carbons (Fsp3) is 0.333. The van der Waals surface area contributed by atoms with E-state index in [9.17, 15) is 4.79 Å². The summed E-state index contributed by atoms with van der Waals surface area (Å²) in [4.78, 5) is 12.0. The summed E-state index contributed by atoms with van der Waals surface area (Å²) in [5, 5.41) is 4.50. The van der Waals surface area contributed by atoms with Gasteiger partial charge in [-0.15, -0.1) is 0 Å². The number of halogens is 1. The van der Waals surface area contributed by atoms with E-state index in [2.05, 4.69) is 22.7 Å². The van der Waals surface area contributed by atoms with Gasteiger partial charge in [0.05, 0.1) is 12.7 Å². The lowest BCUT2D eigenvalue weighted by Gasteiger charge is -2.12. The van der Waals surface area contributed by atoms with Crippen molar-refractivity contribution < 1.29 is 9.53 Å². The number of carbonyl (C=O) groups is 1. The lowest BCUT2D eigenvalue weighted by molar-refractivity contribution is 0.0952. The van der Waals surface area contributed by atoms with Crippen LogP contribution in [0.3, 0.4) is 0 Å². The van der Waals surface area contributed by atoms with Crippen molar-refractivity contribution in [2.45, 2.75) is 19.3 Å². The Hall–Kier alpha value is -1.81. The van der Waals surface area contributed by atoms with Gasteiger partial charge in [0, 0.05) is 11.2 Å². The second-order valence-corrected chi connectivity index (χ2v) is 5.04. The third kappa shape index (κ3) is 3.84. The topological polar surface area (TPSA) is 50.7 Å². The lowest BCUT2D eigenvalue weighted by Crippen LogP contribution is -2.19. The van der Waals surface area contributed by atoms with Crippen LogP contribution in [-0.4, -0.2) is 19.2 Å². The van der Waals surface area contributed by atoms with Gasteiger partial charge in [-0.05, 0) is 43.4 Å². The molecule has 1 aromatic carbocycles. The molecule has 1 amide bonds. The van der Waals surface area contributed by atoms with Gasteiger partial charge in [-0.3, -0.25) is 4.79 Å². The minimum atomic E-state index is -0.327. The van der Waals surface area contributed by atoms with Gasteiger partial charge in [0.1, 0.15) is 5.75 Å². The quantitative estimate of drug-likeness (QED) is 0.525. The Morgan fingerprint density at radius 3 is 3.05 bits per heavy atom. The molecule has 1 aromatic rings. The number of rotatable bonds is 4. The van der Waals surface area contributed by atoms with Gasteiger partial charge in [0.2, 0.25) is 0 Å². The maximum absolute atomic E-state index is 12.0. The second kappa shape index (κ2) is 7.10. The minimum Gasteiger partial charge on any atom is -0.496 e. The Bertz CT molecular complexity index is 541. The number of benzene rings is 1. The van der Waals surface area contributed by atoms with Crippen molar-refractivity contribution in [3.63, 3.8) is 0 Å². The smallest absolute Gasteiger partial charge is 0.275 e. The van der Waals surface area contributed by atoms with Crippen LogP contribution in [0.25, 0.3) is 0 Å². The molecule has 0 bridgehead atoms. The normalized spacial score (nSPS) is 18.2. The summed E-state index contributed by atoms with van der Waals surface area (Å²) >= 11 is 5.89. The number of hydrogen-bond donors (Lipinski definition) is 1. The maximum Gasteiger partial charge on any atom is 0.275 e. The second-order valence-electron chi connectivity index (χ2n) is 4.61. The number of hydrazone groups is 1. The fourth-order valence-corrected chi connectivity index (χ4v) is 2.24. The molecule has 0 saturated heterocycles. The van der Waals surface area contributed by atoms with Crippen LogP contribution in [0.15, 0.2) is 35.5 Å². The highest BCUT2D eigenvalue weighted by molar-refractivity contribution is 6.31. The van der Waals surface area contributed by atoms with Crippen molar-refractivity contribution >= 4 is 23.7 Å². The average molecular weight is 293 g/mol. The SMILES string of the molecule is COc1ccc(Cl)cc1C(=O)NN=CC1CC=CCC1. The van der Waals surface area contributed by atoms with Crippen LogP contribution in [-0.2, 0) is 0 Å². The third-order valence-corrected chi connectivity index (χ3v) is 3.40. The summed E-state index contributed by atoms with van der Waals surface area (Å²) in [5.41, 5.74) is 2.89. The van der Waals surface area contributed by atoms with E-state index in [1.807, 2.05) is 0 Å². The van der Waals surface area contributed by atoms with Gasteiger partial charge in [0.25, 0.3) is 5.91 Å². The zero-order valence-corrected chi connectivity index (χ0v) is 12.1. The number of amides is 1. The van der Waals surface area contributed by atoms with Crippen LogP contribution >= 0.6 is 11.6 Å². The van der Waals surface area contributed by atoms with E-state index in [-0.39, 0.29) is 5.91 Å². The first-order valence-electron chi connectivity index (χ1n) is 6.52. The molecule has 1 aliphatic carbocycles. The highest BCUT2D eigenvalue weighted by Gasteiger charge is 2.12. The van der Waals surface area contributed by atoms with Crippen molar-refractivity contribution in [3.8, 4) is 5.75 Å². The van der Waals surface area contributed by atoms with Crippen LogP contribution in [0, 0.1) is 5.92 Å². The molecular formula is C15H17ClN2O2. The van der Waals surface area contributed by atoms with E-state index in [4.69, 9.17) is 16.3 Å². The Balaban J connectivity index is 1.99. The number of ether oxygens (including phenoxy) is 1. The van der Waals surface area contributed by atoms with Gasteiger partial charge in [0.15, 0.2) is 0 Å². The fourth-order valence-electron chi connectivity index (χ4n) is 2.07. The predicted octanol–water partition coefficient (Wildman–Crippen LogP) is 3.42. The molecule has 0 spiro atoms. The Morgan fingerprint density at radius 1 is 1.50 bits per heavy atom. The molecule has 5 heteroatoms. The first-order chi connectivity index (χ1) is 9.70. The largest absolute Gasteiger partial charge is 0.496 e. The molecule has 0 aliphatic heterocycles. The molecule has 0 radical (unpaired) electrons. The minimum absolute atomic E-state index is 0.327. The molecule has 1 N–H and O–H groups in total. The molecule has 20 heavy (non-hydrogen) atoms. The van der Waals surface area contributed by atoms with Crippen LogP contribution in [0.2, 0.25) is 5.02 Å². The van der Waals surface area contributed by atoms with Gasteiger partial charge in [-0.25, -0.2) is 5.43 Å². The number of hydrogen-bond acceptors (Lipinski definition) is 3. The molecule has 1 atom stereocenters. The standard InChI is InChI=1S/C15H17ClN2O2/c1-20-14-8-7-12(16)9-13(14)15(19)18-17-10-11-5-3-2-4-6-11/h2-3,7-11H,4-6H2,1H3,(H,18,19). The van der Waals surface area contributed by atoms with E-state index >= 15 is 0 Å². The monoisotopic (exact) mass is 292 g/mol. The molecule has 1 unspecified atom stereocenters. The third-order valence-electron chi connectivity index (χ3n) is 3.17. The van der Waals surface area contributed by atoms with Crippen LogP contribution in [0.5, 0.6) is 5.75 Å². The summed E-state index contributed by atoms with van der Waals surface area (Å²) in [6.07, 6.45) is 9.20. The number of nitrogens with zero attached hydrogens (tertiary/aromatic N) is 1. The van der Waals surface area contributed by atoms with Crippen molar-refractivity contribution in [3.05, 3.63) is 40.9 Å². The van der Waals surface area contributed by atoms with Crippen molar-refractivity contribution in [2.75, 3.05) is 7.11 Å². The number of methoxy groups -OCH3 is 1. The lowest BCUT2D eigenvalue weighted by atomic mass is 9.96. The molecule has 0 fully saturated rings. The van der Waals surface area contributed by atoms with Crippen molar-refractivity contribution in [2.24, 2.45) is 11.0 Å². The van der Waals surface area contributed by atoms with Crippen LogP contribution in [0.1, 0.15) is 29.6 Å². The van der Waals surface area contributed by atoms with Gasteiger partial charge < -0.3 is 4.74 Å². The van der Waals surface area contributed by atoms with Gasteiger partial charge >= 0.3 is 0 Å². The van der Waals surface area contributed by atoms with E-state index in [1.54, 1.807) is 24.4 Å². The van der Waals surface area contributed by atoms with E-state index in [1.165, 1.54) is 7.11 Å². The molecule has 2 rings (SSSR count). The Labute approximate surface area is 123 Å². The summed E-state index contributed by atoms with van der Waals surface area (Å²) < 4.78 is 5.14. The predicted molar refractivity (Wildman–Crippen MR) is 80.4 cm³/mol. The summed E-state index contributed by atoms with van der Waals surface area (Å²) in [5.74, 6) is 0.538. The highest BCUT2D eigenvalue weighted by Crippen LogP contribution is 2.22. The molecule has 0 aromatic heterocycles. The summed E-state index contributed by atoms with van der Waals surface area (Å²) in [6, 6.07) is 4.90. The summed E-state index contributed by atoms with van der Waals surface area (Å²) in [7, 11) is 1.51. The van der Waals surface area contributed by atoms with E-state index in [0.717, 1.165) is 19.3 Å². The molecular weight excluding hydrogens is 276 g/mol. The molecule has 1 aliphatic rings. The average Bonchev–Trinajstić information content (AvgIpc) is 2.48. The molecule has 0 saturated carbocycles. The Morgan fingerprint density at radius 2 is 2.35 bits per heavy atom. The van der Waals surface area contributed by atoms with Crippen molar-refractivity contribution in [1.29, 1.82) is 0 Å². The zero-order chi connectivity index (χ0) is 14.4. The first kappa shape index (κ1) is 14.6. The van der Waals surface area contributed by atoms with Crippen LogP contribution in [0.4, 0.5) is 0 Å². The summed E-state index contributed by atoms with van der Waals surface area (Å²) in [6.45, 7) is 0. The number of carbonyl (C=O) groups excluding carboxylic acids is 1. The first-order valence-corrected chi connectivity index (χ1v) is 6.90. The molecule has 4 nitrogen and oxygen atoms in total. The van der Waals surface area contributed by atoms with Gasteiger partial charge in [-0.1, -0.05) is 23.8 Å². The zero-order valence-electron chi connectivity index (χ0n) is 11.3. The van der Waals surface area contributed by atoms with Crippen LogP contribution < -0.4 is 10.2 Å². The Kier molecular flexibility index (Phi) is 5.18. The number of nitrogens with one attached hydrogen (secondary N) is 1. The van der Waals surface area contributed by atoms with Gasteiger partial charge in [-0.2, -0.15) is 5.10 Å². The highest BCUT2D eigenvalue weighted by atomic mass is 35.5. The van der Waals surface area contributed by atoms with Crippen molar-refractivity contribution in [1.82, 2.24) is 5.43 Å². The molecule has 106 valence electrons. The molecule has 0 heterocycles. The van der Waals surface area contributed by atoms with E-state index in [0.29, 0.717) is 22.3 Å². The van der Waals surface area contributed by atoms with E-state index < -0.39 is 0 Å². The number of allylic oxidation sites excluding steroid dienone is 2.